The topological polar surface area (TPSA) is 24.5 Å². The van der Waals surface area contributed by atoms with Crippen LogP contribution >= 0.6 is 0 Å². The maximum Gasteiger partial charge on any atom is 0.0589 e. The first-order chi connectivity index (χ1) is 6.36. The zero-order valence-electron chi connectivity index (χ0n) is 8.88. The van der Waals surface area contributed by atoms with Gasteiger partial charge in [-0.1, -0.05) is 13.3 Å². The highest BCUT2D eigenvalue weighted by molar-refractivity contribution is 4.77. The molecule has 1 aliphatic rings. The SMILES string of the molecule is CCCC1CN(CCOC)CCN1. The molecule has 1 saturated heterocycles. The van der Waals surface area contributed by atoms with Crippen molar-refractivity contribution in [2.24, 2.45) is 0 Å². The molecule has 1 fully saturated rings. The Bertz CT molecular complexity index is 128. The van der Waals surface area contributed by atoms with Gasteiger partial charge in [-0.2, -0.15) is 0 Å². The molecular weight excluding hydrogens is 164 g/mol. The maximum absolute atomic E-state index is 5.08. The predicted octanol–water partition coefficient (Wildman–Crippen LogP) is 0.707. The number of ether oxygens (including phenoxy) is 1. The molecule has 0 amide bonds. The number of hydrogen-bond donors (Lipinski definition) is 1. The van der Waals surface area contributed by atoms with Gasteiger partial charge in [0.05, 0.1) is 6.61 Å². The van der Waals surface area contributed by atoms with Crippen LogP contribution in [0.4, 0.5) is 0 Å². The molecule has 0 radical (unpaired) electrons. The molecule has 0 spiro atoms. The summed E-state index contributed by atoms with van der Waals surface area (Å²) in [5, 5.41) is 3.54. The summed E-state index contributed by atoms with van der Waals surface area (Å²) >= 11 is 0. The van der Waals surface area contributed by atoms with Crippen LogP contribution in [0.3, 0.4) is 0 Å². The van der Waals surface area contributed by atoms with Gasteiger partial charge in [0, 0.05) is 39.3 Å². The number of nitrogens with one attached hydrogen (secondary N) is 1. The molecule has 3 heteroatoms. The van der Waals surface area contributed by atoms with Crippen LogP contribution in [0.1, 0.15) is 19.8 Å². The molecule has 13 heavy (non-hydrogen) atoms. The van der Waals surface area contributed by atoms with Crippen molar-refractivity contribution < 1.29 is 4.74 Å². The highest BCUT2D eigenvalue weighted by atomic mass is 16.5. The first-order valence-corrected chi connectivity index (χ1v) is 5.31. The van der Waals surface area contributed by atoms with E-state index >= 15 is 0 Å². The molecule has 78 valence electrons. The minimum absolute atomic E-state index is 0.704. The molecule has 3 nitrogen and oxygen atoms in total. The summed E-state index contributed by atoms with van der Waals surface area (Å²) in [6.45, 7) is 7.68. The summed E-state index contributed by atoms with van der Waals surface area (Å²) < 4.78 is 5.08. The number of rotatable bonds is 5. The quantitative estimate of drug-likeness (QED) is 0.684. The third-order valence-corrected chi connectivity index (χ3v) is 2.59. The fraction of sp³-hybridized carbons (Fsp3) is 1.00. The lowest BCUT2D eigenvalue weighted by molar-refractivity contribution is 0.124. The van der Waals surface area contributed by atoms with Gasteiger partial charge in [0.15, 0.2) is 0 Å². The van der Waals surface area contributed by atoms with Crippen molar-refractivity contribution >= 4 is 0 Å². The van der Waals surface area contributed by atoms with Crippen molar-refractivity contribution in [3.63, 3.8) is 0 Å². The van der Waals surface area contributed by atoms with Crippen molar-refractivity contribution in [1.29, 1.82) is 0 Å². The molecule has 1 rings (SSSR count). The average Bonchev–Trinajstić information content (AvgIpc) is 2.16. The summed E-state index contributed by atoms with van der Waals surface area (Å²) in [7, 11) is 1.77. The molecule has 1 unspecified atom stereocenters. The third kappa shape index (κ3) is 4.07. The van der Waals surface area contributed by atoms with Crippen molar-refractivity contribution in [1.82, 2.24) is 10.2 Å². The Balaban J connectivity index is 2.16. The minimum Gasteiger partial charge on any atom is -0.383 e. The standard InChI is InChI=1S/C10H22N2O/c1-3-4-10-9-12(6-5-11-10)7-8-13-2/h10-11H,3-9H2,1-2H3. The van der Waals surface area contributed by atoms with Crippen LogP contribution in [0, 0.1) is 0 Å². The van der Waals surface area contributed by atoms with E-state index in [1.165, 1.54) is 25.9 Å². The van der Waals surface area contributed by atoms with Gasteiger partial charge in [-0.05, 0) is 6.42 Å². The van der Waals surface area contributed by atoms with E-state index < -0.39 is 0 Å². The summed E-state index contributed by atoms with van der Waals surface area (Å²) in [5.41, 5.74) is 0. The van der Waals surface area contributed by atoms with Gasteiger partial charge in [0.1, 0.15) is 0 Å². The average molecular weight is 186 g/mol. The van der Waals surface area contributed by atoms with Crippen LogP contribution in [0.5, 0.6) is 0 Å². The first kappa shape index (κ1) is 11.0. The molecular formula is C10H22N2O. The van der Waals surface area contributed by atoms with Gasteiger partial charge >= 0.3 is 0 Å². The van der Waals surface area contributed by atoms with E-state index in [1.54, 1.807) is 7.11 Å². The predicted molar refractivity (Wildman–Crippen MR) is 55.0 cm³/mol. The number of nitrogens with zero attached hydrogens (tertiary/aromatic N) is 1. The Kier molecular flexibility index (Phi) is 5.35. The Labute approximate surface area is 81.4 Å². The van der Waals surface area contributed by atoms with E-state index in [9.17, 15) is 0 Å². The molecule has 1 N–H and O–H groups in total. The Hall–Kier alpha value is -0.120. The second-order valence-corrected chi connectivity index (χ2v) is 3.73. The summed E-state index contributed by atoms with van der Waals surface area (Å²) in [6, 6.07) is 0.704. The molecule has 1 atom stereocenters. The smallest absolute Gasteiger partial charge is 0.0589 e. The zero-order valence-corrected chi connectivity index (χ0v) is 8.88. The molecule has 1 aliphatic heterocycles. The van der Waals surface area contributed by atoms with Crippen molar-refractivity contribution in [2.45, 2.75) is 25.8 Å². The fourth-order valence-corrected chi connectivity index (χ4v) is 1.86. The van der Waals surface area contributed by atoms with Crippen molar-refractivity contribution in [2.75, 3.05) is 39.9 Å². The number of methoxy groups -OCH3 is 1. The first-order valence-electron chi connectivity index (χ1n) is 5.31. The Morgan fingerprint density at radius 2 is 2.38 bits per heavy atom. The summed E-state index contributed by atoms with van der Waals surface area (Å²) in [6.07, 6.45) is 2.57. The van der Waals surface area contributed by atoms with Crippen LogP contribution in [0.15, 0.2) is 0 Å². The zero-order chi connectivity index (χ0) is 9.52. The van der Waals surface area contributed by atoms with Gasteiger partial charge in [-0.15, -0.1) is 0 Å². The van der Waals surface area contributed by atoms with Gasteiger partial charge < -0.3 is 10.1 Å². The van der Waals surface area contributed by atoms with Gasteiger partial charge in [0.2, 0.25) is 0 Å². The Morgan fingerprint density at radius 1 is 1.54 bits per heavy atom. The van der Waals surface area contributed by atoms with E-state index in [-0.39, 0.29) is 0 Å². The van der Waals surface area contributed by atoms with Crippen LogP contribution in [0.25, 0.3) is 0 Å². The fourth-order valence-electron chi connectivity index (χ4n) is 1.86. The number of piperazine rings is 1. The number of hydrogen-bond acceptors (Lipinski definition) is 3. The maximum atomic E-state index is 5.08. The highest BCUT2D eigenvalue weighted by Gasteiger charge is 2.17. The summed E-state index contributed by atoms with van der Waals surface area (Å²) in [4.78, 5) is 2.49. The molecule has 0 bridgehead atoms. The molecule has 1 heterocycles. The molecule has 0 aromatic carbocycles. The van der Waals surface area contributed by atoms with E-state index in [1.807, 2.05) is 0 Å². The summed E-state index contributed by atoms with van der Waals surface area (Å²) in [5.74, 6) is 0. The largest absolute Gasteiger partial charge is 0.383 e. The van der Waals surface area contributed by atoms with Gasteiger partial charge in [-0.3, -0.25) is 4.90 Å². The van der Waals surface area contributed by atoms with E-state index in [4.69, 9.17) is 4.74 Å². The van der Waals surface area contributed by atoms with E-state index in [0.717, 1.165) is 19.7 Å². The van der Waals surface area contributed by atoms with Crippen molar-refractivity contribution in [3.05, 3.63) is 0 Å². The van der Waals surface area contributed by atoms with E-state index in [2.05, 4.69) is 17.1 Å². The molecule has 0 aromatic heterocycles. The highest BCUT2D eigenvalue weighted by Crippen LogP contribution is 2.04. The molecule has 0 aliphatic carbocycles. The van der Waals surface area contributed by atoms with E-state index in [0.29, 0.717) is 6.04 Å². The molecule has 0 aromatic rings. The lowest BCUT2D eigenvalue weighted by Crippen LogP contribution is -2.51. The lowest BCUT2D eigenvalue weighted by Gasteiger charge is -2.33. The third-order valence-electron chi connectivity index (χ3n) is 2.59. The Morgan fingerprint density at radius 3 is 3.08 bits per heavy atom. The second kappa shape index (κ2) is 6.35. The minimum atomic E-state index is 0.704. The van der Waals surface area contributed by atoms with Crippen LogP contribution in [-0.2, 0) is 4.74 Å². The normalized spacial score (nSPS) is 24.9. The molecule has 0 saturated carbocycles. The van der Waals surface area contributed by atoms with Crippen molar-refractivity contribution in [3.8, 4) is 0 Å². The lowest BCUT2D eigenvalue weighted by atomic mass is 10.1. The van der Waals surface area contributed by atoms with Gasteiger partial charge in [-0.25, -0.2) is 0 Å². The van der Waals surface area contributed by atoms with Crippen LogP contribution in [0.2, 0.25) is 0 Å². The van der Waals surface area contributed by atoms with Gasteiger partial charge in [0.25, 0.3) is 0 Å². The second-order valence-electron chi connectivity index (χ2n) is 3.73. The monoisotopic (exact) mass is 186 g/mol. The van der Waals surface area contributed by atoms with Crippen LogP contribution < -0.4 is 5.32 Å². The van der Waals surface area contributed by atoms with Crippen LogP contribution in [-0.4, -0.2) is 50.8 Å².